The highest BCUT2D eigenvalue weighted by atomic mass is 32.2. The Morgan fingerprint density at radius 2 is 1.68 bits per heavy atom. The monoisotopic (exact) mass is 325 g/mol. The Bertz CT molecular complexity index is 560. The van der Waals surface area contributed by atoms with Crippen LogP contribution in [0.5, 0.6) is 0 Å². The number of benzene rings is 1. The van der Waals surface area contributed by atoms with E-state index < -0.39 is 10.0 Å². The van der Waals surface area contributed by atoms with Crippen LogP contribution in [0.15, 0.2) is 29.2 Å². The molecular weight excluding hydrogens is 298 g/mol. The minimum atomic E-state index is -3.36. The smallest absolute Gasteiger partial charge is 0.243 e. The summed E-state index contributed by atoms with van der Waals surface area (Å²) in [6, 6.07) is 7.27. The molecule has 5 nitrogen and oxygen atoms in total. The van der Waals surface area contributed by atoms with Crippen molar-refractivity contribution >= 4 is 15.7 Å². The summed E-state index contributed by atoms with van der Waals surface area (Å²) in [4.78, 5) is 2.68. The lowest BCUT2D eigenvalue weighted by atomic mass is 9.97. The number of sulfonamides is 1. The topological polar surface area (TPSA) is 66.6 Å². The first-order chi connectivity index (χ1) is 10.5. The number of nitrogens with zero attached hydrogens (tertiary/aromatic N) is 2. The van der Waals surface area contributed by atoms with Gasteiger partial charge in [-0.15, -0.1) is 0 Å². The van der Waals surface area contributed by atoms with E-state index in [9.17, 15) is 8.42 Å². The quantitative estimate of drug-likeness (QED) is 0.867. The lowest BCUT2D eigenvalue weighted by Gasteiger charge is -2.33. The Balaban J connectivity index is 2.11. The molecule has 0 aliphatic carbocycles. The van der Waals surface area contributed by atoms with Gasteiger partial charge in [-0.1, -0.05) is 13.8 Å². The van der Waals surface area contributed by atoms with E-state index in [2.05, 4.69) is 4.90 Å². The van der Waals surface area contributed by atoms with Crippen molar-refractivity contribution in [3.8, 4) is 0 Å². The van der Waals surface area contributed by atoms with Crippen LogP contribution in [0.3, 0.4) is 0 Å². The van der Waals surface area contributed by atoms with E-state index in [4.69, 9.17) is 5.73 Å². The second kappa shape index (κ2) is 7.44. The second-order valence-electron chi connectivity index (χ2n) is 5.75. The van der Waals surface area contributed by atoms with E-state index in [1.807, 2.05) is 26.0 Å². The molecule has 6 heteroatoms. The minimum Gasteiger partial charge on any atom is -0.372 e. The molecule has 1 aromatic rings. The summed E-state index contributed by atoms with van der Waals surface area (Å²) in [5.74, 6) is 0.624. The first-order valence-corrected chi connectivity index (χ1v) is 9.52. The third-order valence-electron chi connectivity index (χ3n) is 4.49. The van der Waals surface area contributed by atoms with E-state index in [0.29, 0.717) is 23.9 Å². The summed E-state index contributed by atoms with van der Waals surface area (Å²) in [7, 11) is -3.36. The molecule has 0 radical (unpaired) electrons. The molecule has 22 heavy (non-hydrogen) atoms. The maximum atomic E-state index is 12.5. The molecular formula is C16H27N3O2S. The lowest BCUT2D eigenvalue weighted by molar-refractivity contribution is 0.414. The molecule has 1 fully saturated rings. The van der Waals surface area contributed by atoms with Crippen LogP contribution in [0, 0.1) is 5.92 Å². The van der Waals surface area contributed by atoms with Gasteiger partial charge in [-0.3, -0.25) is 0 Å². The Labute approximate surface area is 134 Å². The number of hydrogen-bond donors (Lipinski definition) is 1. The highest BCUT2D eigenvalue weighted by Crippen LogP contribution is 2.25. The van der Waals surface area contributed by atoms with E-state index in [1.165, 1.54) is 4.31 Å². The van der Waals surface area contributed by atoms with E-state index >= 15 is 0 Å². The molecule has 0 amide bonds. The Hall–Kier alpha value is -1.11. The predicted octanol–water partition coefficient (Wildman–Crippen LogP) is 1.89. The van der Waals surface area contributed by atoms with Crippen molar-refractivity contribution < 1.29 is 8.42 Å². The summed E-state index contributed by atoms with van der Waals surface area (Å²) in [5, 5.41) is 0. The van der Waals surface area contributed by atoms with Gasteiger partial charge in [0, 0.05) is 31.9 Å². The average Bonchev–Trinajstić information content (AvgIpc) is 2.56. The van der Waals surface area contributed by atoms with E-state index in [-0.39, 0.29) is 0 Å². The second-order valence-corrected chi connectivity index (χ2v) is 7.69. The van der Waals surface area contributed by atoms with Gasteiger partial charge in [0.05, 0.1) is 4.90 Å². The lowest BCUT2D eigenvalue weighted by Crippen LogP contribution is -2.36. The molecule has 2 rings (SSSR count). The van der Waals surface area contributed by atoms with Gasteiger partial charge in [-0.05, 0) is 49.6 Å². The summed E-state index contributed by atoms with van der Waals surface area (Å²) in [6.07, 6.45) is 2.21. The van der Waals surface area contributed by atoms with Gasteiger partial charge in [0.1, 0.15) is 0 Å². The van der Waals surface area contributed by atoms with Crippen molar-refractivity contribution in [1.82, 2.24) is 4.31 Å². The summed E-state index contributed by atoms with van der Waals surface area (Å²) < 4.78 is 26.4. The average molecular weight is 325 g/mol. The molecule has 1 saturated heterocycles. The first kappa shape index (κ1) is 17.2. The van der Waals surface area contributed by atoms with Crippen LogP contribution in [-0.2, 0) is 10.0 Å². The number of anilines is 1. The Morgan fingerprint density at radius 3 is 2.14 bits per heavy atom. The van der Waals surface area contributed by atoms with Crippen molar-refractivity contribution in [2.75, 3.05) is 37.6 Å². The first-order valence-electron chi connectivity index (χ1n) is 8.08. The molecule has 0 saturated carbocycles. The van der Waals surface area contributed by atoms with Crippen molar-refractivity contribution in [1.29, 1.82) is 0 Å². The van der Waals surface area contributed by atoms with Crippen molar-refractivity contribution in [2.45, 2.75) is 31.6 Å². The molecule has 0 atom stereocenters. The van der Waals surface area contributed by atoms with Crippen LogP contribution in [0.25, 0.3) is 0 Å². The molecule has 0 spiro atoms. The standard InChI is InChI=1S/C16H27N3O2S/c1-3-19(4-2)22(20,21)16-7-5-15(6-8-16)18-11-9-14(13-17)10-12-18/h5-8,14H,3-4,9-13,17H2,1-2H3. The maximum Gasteiger partial charge on any atom is 0.243 e. The molecule has 1 aliphatic heterocycles. The van der Waals surface area contributed by atoms with Gasteiger partial charge in [0.25, 0.3) is 0 Å². The number of rotatable bonds is 6. The van der Waals surface area contributed by atoms with Crippen LogP contribution >= 0.6 is 0 Å². The molecule has 1 aromatic carbocycles. The predicted molar refractivity (Wildman–Crippen MR) is 90.5 cm³/mol. The number of nitrogens with two attached hydrogens (primary N) is 1. The van der Waals surface area contributed by atoms with E-state index in [0.717, 1.165) is 38.2 Å². The van der Waals surface area contributed by atoms with Crippen LogP contribution in [0.1, 0.15) is 26.7 Å². The van der Waals surface area contributed by atoms with E-state index in [1.54, 1.807) is 12.1 Å². The zero-order chi connectivity index (χ0) is 16.2. The summed E-state index contributed by atoms with van der Waals surface area (Å²) in [6.45, 7) is 7.44. The Kier molecular flexibility index (Phi) is 5.83. The third-order valence-corrected chi connectivity index (χ3v) is 6.56. The fourth-order valence-electron chi connectivity index (χ4n) is 2.97. The molecule has 0 unspecified atom stereocenters. The van der Waals surface area contributed by atoms with Gasteiger partial charge in [-0.25, -0.2) is 8.42 Å². The molecule has 1 heterocycles. The summed E-state index contributed by atoms with van der Waals surface area (Å²) >= 11 is 0. The van der Waals surface area contributed by atoms with Gasteiger partial charge >= 0.3 is 0 Å². The van der Waals surface area contributed by atoms with Gasteiger partial charge in [-0.2, -0.15) is 4.31 Å². The summed E-state index contributed by atoms with van der Waals surface area (Å²) in [5.41, 5.74) is 6.81. The fourth-order valence-corrected chi connectivity index (χ4v) is 4.43. The normalized spacial score (nSPS) is 17.2. The molecule has 1 aliphatic rings. The van der Waals surface area contributed by atoms with Crippen molar-refractivity contribution in [3.63, 3.8) is 0 Å². The van der Waals surface area contributed by atoms with Crippen LogP contribution in [-0.4, -0.2) is 45.4 Å². The highest BCUT2D eigenvalue weighted by Gasteiger charge is 2.22. The number of hydrogen-bond acceptors (Lipinski definition) is 4. The maximum absolute atomic E-state index is 12.5. The molecule has 124 valence electrons. The molecule has 0 bridgehead atoms. The highest BCUT2D eigenvalue weighted by molar-refractivity contribution is 7.89. The number of piperidine rings is 1. The van der Waals surface area contributed by atoms with Crippen LogP contribution in [0.2, 0.25) is 0 Å². The third kappa shape index (κ3) is 3.62. The van der Waals surface area contributed by atoms with Gasteiger partial charge in [0.15, 0.2) is 0 Å². The van der Waals surface area contributed by atoms with Crippen molar-refractivity contribution in [3.05, 3.63) is 24.3 Å². The fraction of sp³-hybridized carbons (Fsp3) is 0.625. The zero-order valence-corrected chi connectivity index (χ0v) is 14.3. The molecule has 0 aromatic heterocycles. The van der Waals surface area contributed by atoms with Crippen LogP contribution in [0.4, 0.5) is 5.69 Å². The minimum absolute atomic E-state index is 0.372. The molecule has 2 N–H and O–H groups in total. The van der Waals surface area contributed by atoms with Crippen molar-refractivity contribution in [2.24, 2.45) is 11.7 Å². The van der Waals surface area contributed by atoms with Gasteiger partial charge in [0.2, 0.25) is 10.0 Å². The SMILES string of the molecule is CCN(CC)S(=O)(=O)c1ccc(N2CCC(CN)CC2)cc1. The van der Waals surface area contributed by atoms with Gasteiger partial charge < -0.3 is 10.6 Å². The largest absolute Gasteiger partial charge is 0.372 e. The van der Waals surface area contributed by atoms with Crippen LogP contribution < -0.4 is 10.6 Å². The Morgan fingerprint density at radius 1 is 1.14 bits per heavy atom. The zero-order valence-electron chi connectivity index (χ0n) is 13.5.